The second kappa shape index (κ2) is 10.8. The third-order valence-corrected chi connectivity index (χ3v) is 8.74. The van der Waals surface area contributed by atoms with Crippen LogP contribution in [0, 0.1) is 13.8 Å². The molecule has 1 fully saturated rings. The van der Waals surface area contributed by atoms with Crippen LogP contribution in [0.2, 0.25) is 0 Å². The Hall–Kier alpha value is -2.87. The summed E-state index contributed by atoms with van der Waals surface area (Å²) < 4.78 is 31.2. The van der Waals surface area contributed by atoms with Gasteiger partial charge in [-0.05, 0) is 70.6 Å². The normalized spacial score (nSPS) is 19.3. The van der Waals surface area contributed by atoms with Crippen molar-refractivity contribution in [2.24, 2.45) is 0 Å². The number of rotatable bonds is 9. The standard InChI is InChI=1S/C27H34N2O5S/c1-19-16-24(20(2)29(19)22-13-15-35(32,33)18-22)26(30)17-34-27(31)23-10-6-7-11-25(23)28-14-12-21-8-4-3-5-9-21/h6-8,10-11,16,22,28H,3-5,9,12-15,17-18H2,1-2H3. The van der Waals surface area contributed by atoms with Gasteiger partial charge in [-0.1, -0.05) is 23.8 Å². The first-order valence-corrected chi connectivity index (χ1v) is 14.2. The molecule has 8 heteroatoms. The van der Waals surface area contributed by atoms with Crippen molar-refractivity contribution in [2.45, 2.75) is 58.4 Å². The minimum Gasteiger partial charge on any atom is -0.454 e. The lowest BCUT2D eigenvalue weighted by Gasteiger charge is -2.16. The van der Waals surface area contributed by atoms with Crippen LogP contribution in [-0.4, -0.2) is 49.4 Å². The monoisotopic (exact) mass is 498 g/mol. The molecule has 1 aromatic carbocycles. The first kappa shape index (κ1) is 25.2. The van der Waals surface area contributed by atoms with Crippen LogP contribution in [0.1, 0.15) is 76.7 Å². The maximum atomic E-state index is 12.9. The number of ether oxygens (including phenoxy) is 1. The summed E-state index contributed by atoms with van der Waals surface area (Å²) in [4.78, 5) is 25.7. The Morgan fingerprint density at radius 3 is 2.66 bits per heavy atom. The fourth-order valence-electron chi connectivity index (χ4n) is 5.19. The molecule has 0 amide bonds. The zero-order valence-corrected chi connectivity index (χ0v) is 21.3. The van der Waals surface area contributed by atoms with E-state index in [0.29, 0.717) is 28.9 Å². The molecular formula is C27H34N2O5S. The maximum Gasteiger partial charge on any atom is 0.340 e. The van der Waals surface area contributed by atoms with Gasteiger partial charge >= 0.3 is 5.97 Å². The fourth-order valence-corrected chi connectivity index (χ4v) is 6.89. The first-order chi connectivity index (χ1) is 16.7. The third kappa shape index (κ3) is 6.04. The van der Waals surface area contributed by atoms with Crippen LogP contribution >= 0.6 is 0 Å². The van der Waals surface area contributed by atoms with Gasteiger partial charge in [0.05, 0.1) is 17.1 Å². The summed E-state index contributed by atoms with van der Waals surface area (Å²) in [6.45, 7) is 4.05. The largest absolute Gasteiger partial charge is 0.454 e. The number of esters is 1. The average Bonchev–Trinajstić information content (AvgIpc) is 3.35. The third-order valence-electron chi connectivity index (χ3n) is 6.99. The van der Waals surface area contributed by atoms with Crippen LogP contribution in [0.25, 0.3) is 0 Å². The number of hydrogen-bond acceptors (Lipinski definition) is 6. The molecule has 1 atom stereocenters. The number of Topliss-reactive ketones (excluding diaryl/α,β-unsaturated/α-hetero) is 1. The Balaban J connectivity index is 1.37. The fraction of sp³-hybridized carbons (Fsp3) is 0.481. The Labute approximate surface area is 207 Å². The lowest BCUT2D eigenvalue weighted by Crippen LogP contribution is -2.18. The zero-order chi connectivity index (χ0) is 25.0. The van der Waals surface area contributed by atoms with Gasteiger partial charge < -0.3 is 14.6 Å². The molecule has 0 saturated carbocycles. The number of nitrogens with zero attached hydrogens (tertiary/aromatic N) is 1. The molecule has 1 aliphatic carbocycles. The van der Waals surface area contributed by atoms with Crippen molar-refractivity contribution in [3.8, 4) is 0 Å². The molecule has 1 N–H and O–H groups in total. The van der Waals surface area contributed by atoms with Crippen LogP contribution in [0.4, 0.5) is 5.69 Å². The average molecular weight is 499 g/mol. The highest BCUT2D eigenvalue weighted by atomic mass is 32.2. The van der Waals surface area contributed by atoms with Gasteiger partial charge in [-0.3, -0.25) is 4.79 Å². The number of aromatic nitrogens is 1. The van der Waals surface area contributed by atoms with E-state index in [9.17, 15) is 18.0 Å². The van der Waals surface area contributed by atoms with Crippen molar-refractivity contribution in [2.75, 3.05) is 30.0 Å². The van der Waals surface area contributed by atoms with E-state index in [0.717, 1.165) is 31.5 Å². The van der Waals surface area contributed by atoms with Crippen molar-refractivity contribution in [3.05, 3.63) is 64.5 Å². The summed E-state index contributed by atoms with van der Waals surface area (Å²) in [5.74, 6) is -0.587. The lowest BCUT2D eigenvalue weighted by molar-refractivity contribution is 0.0475. The molecular weight excluding hydrogens is 464 g/mol. The molecule has 0 bridgehead atoms. The van der Waals surface area contributed by atoms with E-state index in [1.165, 1.54) is 18.4 Å². The van der Waals surface area contributed by atoms with Crippen LogP contribution in [0.3, 0.4) is 0 Å². The smallest absolute Gasteiger partial charge is 0.340 e. The van der Waals surface area contributed by atoms with E-state index in [4.69, 9.17) is 4.74 Å². The highest BCUT2D eigenvalue weighted by Crippen LogP contribution is 2.29. The van der Waals surface area contributed by atoms with Gasteiger partial charge in [-0.15, -0.1) is 0 Å². The molecule has 188 valence electrons. The molecule has 0 radical (unpaired) electrons. The highest BCUT2D eigenvalue weighted by Gasteiger charge is 2.31. The summed E-state index contributed by atoms with van der Waals surface area (Å²) in [5, 5.41) is 3.34. The van der Waals surface area contributed by atoms with Crippen LogP contribution in [-0.2, 0) is 14.6 Å². The Kier molecular flexibility index (Phi) is 7.79. The summed E-state index contributed by atoms with van der Waals surface area (Å²) in [6, 6.07) is 8.77. The summed E-state index contributed by atoms with van der Waals surface area (Å²) >= 11 is 0. The Morgan fingerprint density at radius 2 is 1.94 bits per heavy atom. The summed E-state index contributed by atoms with van der Waals surface area (Å²) in [6.07, 6.45) is 8.60. The van der Waals surface area contributed by atoms with Crippen molar-refractivity contribution in [1.82, 2.24) is 4.57 Å². The number of anilines is 1. The SMILES string of the molecule is Cc1cc(C(=O)COC(=O)c2ccccc2NCCC2=CCCCC2)c(C)n1C1CCS(=O)(=O)C1. The summed E-state index contributed by atoms with van der Waals surface area (Å²) in [7, 11) is -3.04. The second-order valence-corrected chi connectivity index (χ2v) is 11.8. The number of nitrogens with one attached hydrogen (secondary N) is 1. The van der Waals surface area contributed by atoms with Gasteiger partial charge in [0.25, 0.3) is 0 Å². The minimum atomic E-state index is -3.04. The van der Waals surface area contributed by atoms with Gasteiger partial charge in [0.1, 0.15) is 0 Å². The minimum absolute atomic E-state index is 0.0903. The molecule has 1 aromatic heterocycles. The van der Waals surface area contributed by atoms with Crippen molar-refractivity contribution in [3.63, 3.8) is 0 Å². The molecule has 0 spiro atoms. The Morgan fingerprint density at radius 1 is 1.14 bits per heavy atom. The maximum absolute atomic E-state index is 12.9. The molecule has 4 rings (SSSR count). The van der Waals surface area contributed by atoms with Gasteiger partial charge in [0.2, 0.25) is 5.78 Å². The molecule has 1 aliphatic heterocycles. The number of hydrogen-bond donors (Lipinski definition) is 1. The van der Waals surface area contributed by atoms with Crippen molar-refractivity contribution < 1.29 is 22.7 Å². The van der Waals surface area contributed by atoms with Crippen molar-refractivity contribution in [1.29, 1.82) is 0 Å². The van der Waals surface area contributed by atoms with Gasteiger partial charge in [-0.2, -0.15) is 0 Å². The van der Waals surface area contributed by atoms with Gasteiger partial charge in [-0.25, -0.2) is 13.2 Å². The number of carbonyl (C=O) groups excluding carboxylic acids is 2. The molecule has 7 nitrogen and oxygen atoms in total. The molecule has 2 aliphatic rings. The van der Waals surface area contributed by atoms with E-state index in [1.54, 1.807) is 18.2 Å². The molecule has 2 aromatic rings. The van der Waals surface area contributed by atoms with Gasteiger partial charge in [0.15, 0.2) is 16.4 Å². The van der Waals surface area contributed by atoms with Crippen molar-refractivity contribution >= 4 is 27.3 Å². The van der Waals surface area contributed by atoms with E-state index in [2.05, 4.69) is 11.4 Å². The van der Waals surface area contributed by atoms with E-state index < -0.39 is 15.8 Å². The molecule has 35 heavy (non-hydrogen) atoms. The van der Waals surface area contributed by atoms with E-state index in [-0.39, 0.29) is 29.9 Å². The number of ketones is 1. The van der Waals surface area contributed by atoms with Crippen LogP contribution in [0.15, 0.2) is 42.0 Å². The quantitative estimate of drug-likeness (QED) is 0.303. The Bertz CT molecular complexity index is 1240. The van der Waals surface area contributed by atoms with Gasteiger partial charge in [0, 0.05) is 35.2 Å². The summed E-state index contributed by atoms with van der Waals surface area (Å²) in [5.41, 5.74) is 4.57. The number of allylic oxidation sites excluding steroid dienone is 1. The first-order valence-electron chi connectivity index (χ1n) is 12.3. The predicted octanol–water partition coefficient (Wildman–Crippen LogP) is 4.81. The van der Waals surface area contributed by atoms with E-state index >= 15 is 0 Å². The van der Waals surface area contributed by atoms with E-state index in [1.807, 2.05) is 30.5 Å². The predicted molar refractivity (Wildman–Crippen MR) is 137 cm³/mol. The lowest BCUT2D eigenvalue weighted by atomic mass is 9.97. The second-order valence-electron chi connectivity index (χ2n) is 9.54. The number of para-hydroxylation sites is 1. The molecule has 1 unspecified atom stereocenters. The molecule has 2 heterocycles. The number of carbonyl (C=O) groups is 2. The molecule has 1 saturated heterocycles. The van der Waals surface area contributed by atoms with Crippen LogP contribution < -0.4 is 5.32 Å². The highest BCUT2D eigenvalue weighted by molar-refractivity contribution is 7.91. The number of sulfone groups is 1. The topological polar surface area (TPSA) is 94.5 Å². The number of benzene rings is 1. The number of aryl methyl sites for hydroxylation is 1. The van der Waals surface area contributed by atoms with Crippen LogP contribution in [0.5, 0.6) is 0 Å². The zero-order valence-electron chi connectivity index (χ0n) is 20.5.